The molecule has 1 atom stereocenters. The highest BCUT2D eigenvalue weighted by molar-refractivity contribution is 7.98. The highest BCUT2D eigenvalue weighted by Gasteiger charge is 2.10. The molecule has 2 nitrogen and oxygen atoms in total. The largest absolute Gasteiger partial charge is 0.439 e. The van der Waals surface area contributed by atoms with Gasteiger partial charge in [-0.05, 0) is 25.3 Å². The third-order valence-electron chi connectivity index (χ3n) is 2.24. The summed E-state index contributed by atoms with van der Waals surface area (Å²) in [5, 5.41) is -0.195. The Labute approximate surface area is 104 Å². The molecule has 2 aromatic rings. The molecule has 0 spiro atoms. The summed E-state index contributed by atoms with van der Waals surface area (Å²) in [6, 6.07) is 8.17. The molecule has 0 saturated carbocycles. The number of benzene rings is 1. The lowest BCUT2D eigenvalue weighted by Crippen LogP contribution is -1.80. The molecule has 0 aliphatic heterocycles. The van der Waals surface area contributed by atoms with Crippen LogP contribution < -0.4 is 0 Å². The molecule has 2 rings (SSSR count). The van der Waals surface area contributed by atoms with Gasteiger partial charge in [-0.25, -0.2) is 4.98 Å². The number of hydrogen-bond acceptors (Lipinski definition) is 3. The zero-order chi connectivity index (χ0) is 11.5. The van der Waals surface area contributed by atoms with E-state index in [0.717, 1.165) is 11.3 Å². The van der Waals surface area contributed by atoms with Gasteiger partial charge in [0.25, 0.3) is 0 Å². The maximum atomic E-state index is 5.89. The van der Waals surface area contributed by atoms with Gasteiger partial charge in [0.2, 0.25) is 5.89 Å². The molecule has 84 valence electrons. The average molecular weight is 254 g/mol. The first-order valence-corrected chi connectivity index (χ1v) is 6.61. The molecule has 0 N–H and O–H groups in total. The van der Waals surface area contributed by atoms with Gasteiger partial charge in [-0.3, -0.25) is 0 Å². The molecule has 0 amide bonds. The fourth-order valence-corrected chi connectivity index (χ4v) is 1.87. The van der Waals surface area contributed by atoms with Gasteiger partial charge >= 0.3 is 0 Å². The molecule has 1 unspecified atom stereocenters. The minimum atomic E-state index is -0.195. The molecular weight excluding hydrogens is 242 g/mol. The number of thioether (sulfide) groups is 1. The maximum absolute atomic E-state index is 5.89. The van der Waals surface area contributed by atoms with Gasteiger partial charge in [0.15, 0.2) is 5.76 Å². The summed E-state index contributed by atoms with van der Waals surface area (Å²) >= 11 is 7.61. The van der Waals surface area contributed by atoms with Gasteiger partial charge in [0, 0.05) is 10.5 Å². The number of rotatable bonds is 3. The first kappa shape index (κ1) is 11.6. The van der Waals surface area contributed by atoms with Crippen molar-refractivity contribution in [2.75, 3.05) is 6.26 Å². The molecule has 1 aromatic heterocycles. The first-order chi connectivity index (χ1) is 7.70. The van der Waals surface area contributed by atoms with Crippen molar-refractivity contribution in [2.45, 2.75) is 17.2 Å². The first-order valence-electron chi connectivity index (χ1n) is 4.95. The lowest BCUT2D eigenvalue weighted by atomic mass is 10.2. The number of oxazole rings is 1. The van der Waals surface area contributed by atoms with Gasteiger partial charge in [0.05, 0.1) is 6.20 Å². The third kappa shape index (κ3) is 2.42. The Kier molecular flexibility index (Phi) is 3.56. The summed E-state index contributed by atoms with van der Waals surface area (Å²) in [6.45, 7) is 1.84. The van der Waals surface area contributed by atoms with Crippen molar-refractivity contribution >= 4 is 23.4 Å². The highest BCUT2D eigenvalue weighted by atomic mass is 35.5. The molecule has 0 radical (unpaired) electrons. The molecule has 4 heteroatoms. The van der Waals surface area contributed by atoms with Crippen LogP contribution in [0.4, 0.5) is 0 Å². The normalized spacial score (nSPS) is 12.7. The standard InChI is InChI=1S/C12H12ClNOS/c1-8(13)12-14-7-11(15-12)9-3-5-10(16-2)6-4-9/h3-8H,1-2H3. The predicted octanol–water partition coefficient (Wildman–Crippen LogP) is 4.36. The van der Waals surface area contributed by atoms with Crippen molar-refractivity contribution in [3.8, 4) is 11.3 Å². The second kappa shape index (κ2) is 4.93. The molecule has 16 heavy (non-hydrogen) atoms. The summed E-state index contributed by atoms with van der Waals surface area (Å²) in [6.07, 6.45) is 3.76. The molecule has 0 aliphatic rings. The van der Waals surface area contributed by atoms with Crippen LogP contribution in [0.3, 0.4) is 0 Å². The molecule has 0 fully saturated rings. The predicted molar refractivity (Wildman–Crippen MR) is 68.0 cm³/mol. The SMILES string of the molecule is CSc1ccc(-c2cnc(C(C)Cl)o2)cc1. The lowest BCUT2D eigenvalue weighted by molar-refractivity contribution is 0.508. The summed E-state index contributed by atoms with van der Waals surface area (Å²) in [4.78, 5) is 5.36. The smallest absolute Gasteiger partial charge is 0.212 e. The van der Waals surface area contributed by atoms with Crippen molar-refractivity contribution in [1.82, 2.24) is 4.98 Å². The van der Waals surface area contributed by atoms with Crippen molar-refractivity contribution in [3.63, 3.8) is 0 Å². The number of halogens is 1. The zero-order valence-electron chi connectivity index (χ0n) is 9.11. The van der Waals surface area contributed by atoms with E-state index in [1.165, 1.54) is 4.90 Å². The summed E-state index contributed by atoms with van der Waals surface area (Å²) in [7, 11) is 0. The van der Waals surface area contributed by atoms with E-state index in [4.69, 9.17) is 16.0 Å². The monoisotopic (exact) mass is 253 g/mol. The van der Waals surface area contributed by atoms with Crippen LogP contribution in [0.2, 0.25) is 0 Å². The second-order valence-corrected chi connectivity index (χ2v) is 4.94. The van der Waals surface area contributed by atoms with Gasteiger partial charge in [-0.2, -0.15) is 0 Å². The fourth-order valence-electron chi connectivity index (χ4n) is 1.36. The maximum Gasteiger partial charge on any atom is 0.212 e. The van der Waals surface area contributed by atoms with E-state index in [9.17, 15) is 0 Å². The van der Waals surface area contributed by atoms with Crippen molar-refractivity contribution < 1.29 is 4.42 Å². The lowest BCUT2D eigenvalue weighted by Gasteiger charge is -1.99. The molecule has 1 aromatic carbocycles. The van der Waals surface area contributed by atoms with Crippen molar-refractivity contribution in [2.24, 2.45) is 0 Å². The molecular formula is C12H12ClNOS. The fraction of sp³-hybridized carbons (Fsp3) is 0.250. The van der Waals surface area contributed by atoms with Gasteiger partial charge in [-0.15, -0.1) is 23.4 Å². The van der Waals surface area contributed by atoms with E-state index < -0.39 is 0 Å². The second-order valence-electron chi connectivity index (χ2n) is 3.41. The number of hydrogen-bond donors (Lipinski definition) is 0. The zero-order valence-corrected chi connectivity index (χ0v) is 10.7. The van der Waals surface area contributed by atoms with E-state index in [1.54, 1.807) is 18.0 Å². The average Bonchev–Trinajstić information content (AvgIpc) is 2.78. The molecule has 0 aliphatic carbocycles. The number of nitrogens with zero attached hydrogens (tertiary/aromatic N) is 1. The summed E-state index contributed by atoms with van der Waals surface area (Å²) < 4.78 is 5.55. The Morgan fingerprint density at radius 3 is 2.50 bits per heavy atom. The van der Waals surface area contributed by atoms with Gasteiger partial charge in [0.1, 0.15) is 5.38 Å². The van der Waals surface area contributed by atoms with Crippen LogP contribution >= 0.6 is 23.4 Å². The molecule has 1 heterocycles. The van der Waals surface area contributed by atoms with Crippen LogP contribution in [0.15, 0.2) is 39.8 Å². The van der Waals surface area contributed by atoms with Crippen molar-refractivity contribution in [1.29, 1.82) is 0 Å². The van der Waals surface area contributed by atoms with Crippen LogP contribution in [-0.4, -0.2) is 11.2 Å². The van der Waals surface area contributed by atoms with Crippen LogP contribution in [0.1, 0.15) is 18.2 Å². The Hall–Kier alpha value is -0.930. The van der Waals surface area contributed by atoms with Crippen LogP contribution in [-0.2, 0) is 0 Å². The minimum absolute atomic E-state index is 0.195. The quantitative estimate of drug-likeness (QED) is 0.600. The van der Waals surface area contributed by atoms with Gasteiger partial charge in [-0.1, -0.05) is 12.1 Å². The molecule has 0 saturated heterocycles. The topological polar surface area (TPSA) is 26.0 Å². The summed E-state index contributed by atoms with van der Waals surface area (Å²) in [5.41, 5.74) is 1.02. The molecule has 0 bridgehead atoms. The van der Waals surface area contributed by atoms with E-state index in [2.05, 4.69) is 23.4 Å². The van der Waals surface area contributed by atoms with Crippen LogP contribution in [0.5, 0.6) is 0 Å². The number of alkyl halides is 1. The minimum Gasteiger partial charge on any atom is -0.439 e. The van der Waals surface area contributed by atoms with Crippen LogP contribution in [0.25, 0.3) is 11.3 Å². The summed E-state index contributed by atoms with van der Waals surface area (Å²) in [5.74, 6) is 1.32. The highest BCUT2D eigenvalue weighted by Crippen LogP contribution is 2.27. The van der Waals surface area contributed by atoms with Crippen molar-refractivity contribution in [3.05, 3.63) is 36.4 Å². The Morgan fingerprint density at radius 2 is 2.00 bits per heavy atom. The van der Waals surface area contributed by atoms with E-state index >= 15 is 0 Å². The van der Waals surface area contributed by atoms with E-state index in [1.807, 2.05) is 19.1 Å². The van der Waals surface area contributed by atoms with E-state index in [-0.39, 0.29) is 5.38 Å². The Balaban J connectivity index is 2.28. The van der Waals surface area contributed by atoms with Crippen LogP contribution in [0, 0.1) is 0 Å². The van der Waals surface area contributed by atoms with E-state index in [0.29, 0.717) is 5.89 Å². The number of aromatic nitrogens is 1. The van der Waals surface area contributed by atoms with Gasteiger partial charge < -0.3 is 4.42 Å². The third-order valence-corrected chi connectivity index (χ3v) is 3.17. The Morgan fingerprint density at radius 1 is 1.31 bits per heavy atom. The Bertz CT molecular complexity index is 464.